The summed E-state index contributed by atoms with van der Waals surface area (Å²) >= 11 is 6.05. The van der Waals surface area contributed by atoms with E-state index in [1.807, 2.05) is 26.6 Å². The molecular weight excluding hydrogens is 340 g/mol. The normalized spacial score (nSPS) is 18.8. The first-order valence-corrected chi connectivity index (χ1v) is 11.5. The highest BCUT2D eigenvalue weighted by atomic mass is 35.5. The first-order valence-electron chi connectivity index (χ1n) is 7.67. The van der Waals surface area contributed by atoms with Gasteiger partial charge in [-0.3, -0.25) is 4.79 Å². The zero-order valence-corrected chi connectivity index (χ0v) is 16.3. The molecule has 1 N–H and O–H groups in total. The summed E-state index contributed by atoms with van der Waals surface area (Å²) in [4.78, 5) is 12.3. The van der Waals surface area contributed by atoms with E-state index in [0.717, 1.165) is 16.8 Å². The van der Waals surface area contributed by atoms with Gasteiger partial charge in [0.2, 0.25) is 0 Å². The van der Waals surface area contributed by atoms with Gasteiger partial charge in [0.05, 0.1) is 5.57 Å². The number of carbonyl (C=O) groups is 1. The van der Waals surface area contributed by atoms with Gasteiger partial charge in [-0.1, -0.05) is 17.7 Å². The van der Waals surface area contributed by atoms with E-state index in [1.54, 1.807) is 37.3 Å². The number of nitriles is 1. The fourth-order valence-corrected chi connectivity index (χ4v) is 4.19. The smallest absolute Gasteiger partial charge is 0.256 e. The Morgan fingerprint density at radius 3 is 2.67 bits per heavy atom. The number of allylic oxidation sites excluding steroid dienone is 2. The van der Waals surface area contributed by atoms with Gasteiger partial charge in [0.25, 0.3) is 5.91 Å². The van der Waals surface area contributed by atoms with Crippen LogP contribution in [-0.4, -0.2) is 19.8 Å². The Bertz CT molecular complexity index is 787. The highest BCUT2D eigenvalue weighted by Gasteiger charge is 2.30. The molecule has 0 fully saturated rings. The van der Waals surface area contributed by atoms with Crippen LogP contribution in [0.1, 0.15) is 19.4 Å². The van der Waals surface area contributed by atoms with Crippen molar-refractivity contribution in [2.24, 2.45) is 0 Å². The van der Waals surface area contributed by atoms with Crippen LogP contribution >= 0.6 is 11.6 Å². The van der Waals surface area contributed by atoms with E-state index >= 15 is 0 Å². The van der Waals surface area contributed by atoms with Crippen LogP contribution in [0, 0.1) is 11.3 Å². The van der Waals surface area contributed by atoms with Gasteiger partial charge in [0, 0.05) is 16.3 Å². The van der Waals surface area contributed by atoms with Crippen molar-refractivity contribution in [3.8, 4) is 6.07 Å². The molecule has 1 atom stereocenters. The highest BCUT2D eigenvalue weighted by molar-refractivity contribution is 6.69. The summed E-state index contributed by atoms with van der Waals surface area (Å²) in [7, 11) is -1.88. The fraction of sp³-hybridized carbons (Fsp3) is 0.333. The van der Waals surface area contributed by atoms with Gasteiger partial charge in [0.15, 0.2) is 13.9 Å². The van der Waals surface area contributed by atoms with Crippen molar-refractivity contribution in [3.05, 3.63) is 46.5 Å². The maximum absolute atomic E-state index is 12.3. The number of rotatable bonds is 4. The van der Waals surface area contributed by atoms with E-state index in [4.69, 9.17) is 16.0 Å². The van der Waals surface area contributed by atoms with Gasteiger partial charge in [-0.2, -0.15) is 5.26 Å². The molecule has 4 nitrogen and oxygen atoms in total. The predicted molar refractivity (Wildman–Crippen MR) is 100 cm³/mol. The molecule has 0 saturated heterocycles. The zero-order valence-electron chi connectivity index (χ0n) is 14.5. The number of fused-ring (bicyclic) bond motifs is 1. The third-order valence-electron chi connectivity index (χ3n) is 3.51. The third-order valence-corrected chi connectivity index (χ3v) is 4.78. The molecule has 1 aromatic rings. The number of carbonyl (C=O) groups excluding carboxylic acids is 1. The maximum atomic E-state index is 12.3. The van der Waals surface area contributed by atoms with Crippen molar-refractivity contribution in [1.29, 1.82) is 5.26 Å². The Labute approximate surface area is 148 Å². The topological polar surface area (TPSA) is 62.1 Å². The lowest BCUT2D eigenvalue weighted by molar-refractivity contribution is -0.110. The molecule has 0 aliphatic carbocycles. The van der Waals surface area contributed by atoms with Crippen molar-refractivity contribution < 1.29 is 9.22 Å². The molecule has 1 amide bonds. The third kappa shape index (κ3) is 4.15. The summed E-state index contributed by atoms with van der Waals surface area (Å²) in [6, 6.07) is 7.49. The molecule has 0 saturated carbocycles. The van der Waals surface area contributed by atoms with Gasteiger partial charge in [-0.05, 0) is 63.3 Å². The Balaban J connectivity index is 2.40. The van der Waals surface area contributed by atoms with Crippen molar-refractivity contribution in [2.45, 2.75) is 39.1 Å². The van der Waals surface area contributed by atoms with Crippen molar-refractivity contribution in [2.75, 3.05) is 5.32 Å². The SMILES string of the molecule is CC(/C=C/[C@@](C)(C#N)O[Si](C)(C)C)=C1/C(=O)Nc2ccc(Cl)cc21. The lowest BCUT2D eigenvalue weighted by Gasteiger charge is -2.27. The Kier molecular flexibility index (Phi) is 5.05. The van der Waals surface area contributed by atoms with Gasteiger partial charge in [-0.25, -0.2) is 0 Å². The Morgan fingerprint density at radius 2 is 2.08 bits per heavy atom. The number of hydrogen-bond acceptors (Lipinski definition) is 3. The Hall–Kier alpha value is -1.87. The van der Waals surface area contributed by atoms with E-state index in [2.05, 4.69) is 11.4 Å². The molecule has 1 aromatic carbocycles. The summed E-state index contributed by atoms with van der Waals surface area (Å²) in [5.74, 6) is -0.167. The molecule has 0 spiro atoms. The van der Waals surface area contributed by atoms with Crippen LogP contribution in [0.5, 0.6) is 0 Å². The predicted octanol–water partition coefficient (Wildman–Crippen LogP) is 4.76. The second-order valence-electron chi connectivity index (χ2n) is 6.97. The molecule has 0 bridgehead atoms. The number of anilines is 1. The number of nitrogens with zero attached hydrogens (tertiary/aromatic N) is 1. The van der Waals surface area contributed by atoms with Gasteiger partial charge in [0.1, 0.15) is 6.07 Å². The summed E-state index contributed by atoms with van der Waals surface area (Å²) in [5, 5.41) is 12.9. The molecule has 0 unspecified atom stereocenters. The number of nitrogens with one attached hydrogen (secondary N) is 1. The maximum Gasteiger partial charge on any atom is 0.256 e. The number of amides is 1. The summed E-state index contributed by atoms with van der Waals surface area (Å²) in [5.41, 5.74) is 1.83. The van der Waals surface area contributed by atoms with Crippen molar-refractivity contribution in [3.63, 3.8) is 0 Å². The highest BCUT2D eigenvalue weighted by Crippen LogP contribution is 2.36. The average molecular weight is 361 g/mol. The lowest BCUT2D eigenvalue weighted by atomic mass is 10.00. The largest absolute Gasteiger partial charge is 0.397 e. The molecule has 1 heterocycles. The molecule has 0 radical (unpaired) electrons. The zero-order chi connectivity index (χ0) is 18.1. The molecule has 1 aliphatic heterocycles. The molecule has 126 valence electrons. The Morgan fingerprint density at radius 1 is 1.42 bits per heavy atom. The van der Waals surface area contributed by atoms with E-state index in [0.29, 0.717) is 10.6 Å². The van der Waals surface area contributed by atoms with Crippen molar-refractivity contribution in [1.82, 2.24) is 0 Å². The minimum atomic E-state index is -1.88. The van der Waals surface area contributed by atoms with E-state index in [-0.39, 0.29) is 5.91 Å². The van der Waals surface area contributed by atoms with Crippen LogP contribution in [0.4, 0.5) is 5.69 Å². The van der Waals surface area contributed by atoms with Gasteiger partial charge in [-0.15, -0.1) is 0 Å². The molecule has 6 heteroatoms. The fourth-order valence-electron chi connectivity index (χ4n) is 2.63. The van der Waals surface area contributed by atoms with Crippen LogP contribution in [-0.2, 0) is 9.22 Å². The van der Waals surface area contributed by atoms with E-state index in [1.165, 1.54) is 0 Å². The summed E-state index contributed by atoms with van der Waals surface area (Å²) in [6.45, 7) is 9.67. The first-order chi connectivity index (χ1) is 11.0. The monoisotopic (exact) mass is 360 g/mol. The van der Waals surface area contributed by atoms with E-state index in [9.17, 15) is 10.1 Å². The lowest BCUT2D eigenvalue weighted by Crippen LogP contribution is -2.38. The summed E-state index contributed by atoms with van der Waals surface area (Å²) in [6.07, 6.45) is 3.48. The molecular formula is C18H21ClN2O2Si. The minimum Gasteiger partial charge on any atom is -0.397 e. The second kappa shape index (κ2) is 6.56. The van der Waals surface area contributed by atoms with Crippen LogP contribution in [0.15, 0.2) is 35.9 Å². The number of benzene rings is 1. The molecule has 0 aromatic heterocycles. The van der Waals surface area contributed by atoms with Crippen LogP contribution < -0.4 is 5.32 Å². The standard InChI is InChI=1S/C18H21ClN2O2Si/c1-12(8-9-18(2,11-20)23-24(3,4)5)16-14-10-13(19)6-7-15(14)21-17(16)22/h6-10H,1-5H3,(H,21,22)/b9-8+,16-12-/t18-/m0/s1. The number of hydrogen-bond donors (Lipinski definition) is 1. The van der Waals surface area contributed by atoms with Crippen LogP contribution in [0.3, 0.4) is 0 Å². The summed E-state index contributed by atoms with van der Waals surface area (Å²) < 4.78 is 5.95. The molecule has 2 rings (SSSR count). The number of halogens is 1. The van der Waals surface area contributed by atoms with Crippen LogP contribution in [0.2, 0.25) is 24.7 Å². The second-order valence-corrected chi connectivity index (χ2v) is 11.8. The minimum absolute atomic E-state index is 0.167. The average Bonchev–Trinajstić information content (AvgIpc) is 2.78. The molecule has 24 heavy (non-hydrogen) atoms. The quantitative estimate of drug-likeness (QED) is 0.622. The van der Waals surface area contributed by atoms with Crippen LogP contribution in [0.25, 0.3) is 5.57 Å². The van der Waals surface area contributed by atoms with Crippen molar-refractivity contribution >= 4 is 37.1 Å². The van der Waals surface area contributed by atoms with E-state index < -0.39 is 13.9 Å². The first kappa shape index (κ1) is 18.5. The van der Waals surface area contributed by atoms with Gasteiger partial charge < -0.3 is 9.74 Å². The van der Waals surface area contributed by atoms with Gasteiger partial charge >= 0.3 is 0 Å². The molecule has 1 aliphatic rings.